The summed E-state index contributed by atoms with van der Waals surface area (Å²) >= 11 is 0. The summed E-state index contributed by atoms with van der Waals surface area (Å²) in [7, 11) is -3.80. The van der Waals surface area contributed by atoms with Crippen molar-refractivity contribution in [3.05, 3.63) is 84.1 Å². The lowest BCUT2D eigenvalue weighted by Crippen LogP contribution is -2.31. The number of rotatable bonds is 6. The first-order chi connectivity index (χ1) is 13.4. The number of sulfonamides is 1. The molecule has 7 heteroatoms. The smallest absolute Gasteiger partial charge is 0.264 e. The number of anilines is 2. The molecule has 0 saturated carbocycles. The highest BCUT2D eigenvalue weighted by Crippen LogP contribution is 2.24. The van der Waals surface area contributed by atoms with Crippen molar-refractivity contribution in [3.8, 4) is 0 Å². The minimum atomic E-state index is -3.80. The van der Waals surface area contributed by atoms with Crippen molar-refractivity contribution >= 4 is 27.4 Å². The van der Waals surface area contributed by atoms with Crippen molar-refractivity contribution in [2.75, 3.05) is 16.2 Å². The number of para-hydroxylation sites is 1. The summed E-state index contributed by atoms with van der Waals surface area (Å²) < 4.78 is 27.6. The van der Waals surface area contributed by atoms with Gasteiger partial charge in [0.25, 0.3) is 15.9 Å². The number of pyridine rings is 1. The molecule has 144 valence electrons. The highest BCUT2D eigenvalue weighted by atomic mass is 32.2. The van der Waals surface area contributed by atoms with Gasteiger partial charge < -0.3 is 5.32 Å². The molecule has 6 nitrogen and oxygen atoms in total. The van der Waals surface area contributed by atoms with Crippen LogP contribution in [0.15, 0.2) is 77.8 Å². The van der Waals surface area contributed by atoms with Crippen LogP contribution in [-0.4, -0.2) is 25.9 Å². The fraction of sp³-hybridized carbons (Fsp3) is 0.143. The van der Waals surface area contributed by atoms with E-state index in [9.17, 15) is 13.2 Å². The van der Waals surface area contributed by atoms with Crippen molar-refractivity contribution in [1.82, 2.24) is 4.98 Å². The second-order valence-electron chi connectivity index (χ2n) is 6.16. The van der Waals surface area contributed by atoms with Gasteiger partial charge in [-0.3, -0.25) is 9.10 Å². The molecule has 1 N–H and O–H groups in total. The Hall–Kier alpha value is -3.19. The van der Waals surface area contributed by atoms with Gasteiger partial charge in [-0.05, 0) is 55.8 Å². The van der Waals surface area contributed by atoms with E-state index in [1.807, 2.05) is 19.1 Å². The van der Waals surface area contributed by atoms with Gasteiger partial charge in [0.2, 0.25) is 0 Å². The average Bonchev–Trinajstić information content (AvgIpc) is 2.71. The molecule has 1 aromatic heterocycles. The van der Waals surface area contributed by atoms with Crippen molar-refractivity contribution in [1.29, 1.82) is 0 Å². The molecule has 0 bridgehead atoms. The zero-order chi connectivity index (χ0) is 20.1. The van der Waals surface area contributed by atoms with Crippen LogP contribution in [0.2, 0.25) is 0 Å². The molecule has 1 amide bonds. The van der Waals surface area contributed by atoms with Gasteiger partial charge in [0.1, 0.15) is 5.82 Å². The number of amides is 1. The molecule has 0 fully saturated rings. The monoisotopic (exact) mass is 395 g/mol. The van der Waals surface area contributed by atoms with E-state index in [4.69, 9.17) is 0 Å². The summed E-state index contributed by atoms with van der Waals surface area (Å²) in [5, 5.41) is 2.72. The number of hydrogen-bond acceptors (Lipinski definition) is 4. The first-order valence-corrected chi connectivity index (χ1v) is 10.3. The normalized spacial score (nSPS) is 11.1. The van der Waals surface area contributed by atoms with Crippen LogP contribution in [-0.2, 0) is 10.0 Å². The van der Waals surface area contributed by atoms with Crippen LogP contribution in [0.4, 0.5) is 11.5 Å². The highest BCUT2D eigenvalue weighted by Gasteiger charge is 2.24. The Morgan fingerprint density at radius 1 is 1.04 bits per heavy atom. The third-order valence-electron chi connectivity index (χ3n) is 4.26. The summed E-state index contributed by atoms with van der Waals surface area (Å²) in [6.07, 6.45) is 1.59. The van der Waals surface area contributed by atoms with E-state index in [-0.39, 0.29) is 17.0 Å². The van der Waals surface area contributed by atoms with Crippen LogP contribution in [0.1, 0.15) is 22.8 Å². The molecule has 0 atom stereocenters. The van der Waals surface area contributed by atoms with E-state index < -0.39 is 15.9 Å². The van der Waals surface area contributed by atoms with Crippen molar-refractivity contribution in [2.45, 2.75) is 18.7 Å². The number of carbonyl (C=O) groups is 1. The highest BCUT2D eigenvalue weighted by molar-refractivity contribution is 7.92. The molecule has 3 rings (SSSR count). The zero-order valence-electron chi connectivity index (χ0n) is 15.7. The topological polar surface area (TPSA) is 79.4 Å². The van der Waals surface area contributed by atoms with Gasteiger partial charge in [0.15, 0.2) is 0 Å². The SMILES string of the molecule is CCN(c1ccccc1)S(=O)(=O)c1cccc(C(=O)Nc2ncccc2C)c1. The van der Waals surface area contributed by atoms with E-state index in [0.29, 0.717) is 11.5 Å². The first-order valence-electron chi connectivity index (χ1n) is 8.84. The molecule has 0 unspecified atom stereocenters. The predicted octanol–water partition coefficient (Wildman–Crippen LogP) is 3.86. The molecule has 0 aliphatic rings. The average molecular weight is 395 g/mol. The van der Waals surface area contributed by atoms with Crippen LogP contribution in [0.5, 0.6) is 0 Å². The predicted molar refractivity (Wildman–Crippen MR) is 110 cm³/mol. The second kappa shape index (κ2) is 8.22. The van der Waals surface area contributed by atoms with Gasteiger partial charge >= 0.3 is 0 Å². The van der Waals surface area contributed by atoms with Gasteiger partial charge in [-0.25, -0.2) is 13.4 Å². The van der Waals surface area contributed by atoms with E-state index in [0.717, 1.165) is 5.56 Å². The minimum Gasteiger partial charge on any atom is -0.306 e. The minimum absolute atomic E-state index is 0.0589. The number of nitrogens with zero attached hydrogens (tertiary/aromatic N) is 2. The maximum atomic E-state index is 13.1. The summed E-state index contributed by atoms with van der Waals surface area (Å²) in [6, 6.07) is 18.5. The zero-order valence-corrected chi connectivity index (χ0v) is 16.5. The number of aryl methyl sites for hydroxylation is 1. The molecule has 0 saturated heterocycles. The molecule has 0 aliphatic heterocycles. The van der Waals surface area contributed by atoms with Crippen LogP contribution in [0, 0.1) is 6.92 Å². The fourth-order valence-corrected chi connectivity index (χ4v) is 4.33. The summed E-state index contributed by atoms with van der Waals surface area (Å²) in [5.74, 6) is 0.0295. The number of nitrogens with one attached hydrogen (secondary N) is 1. The fourth-order valence-electron chi connectivity index (χ4n) is 2.81. The quantitative estimate of drug-likeness (QED) is 0.687. The lowest BCUT2D eigenvalue weighted by atomic mass is 10.2. The number of aromatic nitrogens is 1. The maximum absolute atomic E-state index is 13.1. The molecule has 0 aliphatic carbocycles. The molecule has 2 aromatic carbocycles. The van der Waals surface area contributed by atoms with Crippen molar-refractivity contribution in [2.24, 2.45) is 0 Å². The molecular formula is C21H21N3O3S. The van der Waals surface area contributed by atoms with Crippen molar-refractivity contribution < 1.29 is 13.2 Å². The lowest BCUT2D eigenvalue weighted by molar-refractivity contribution is 0.102. The van der Waals surface area contributed by atoms with Gasteiger partial charge in [-0.1, -0.05) is 30.3 Å². The summed E-state index contributed by atoms with van der Waals surface area (Å²) in [5.41, 5.74) is 1.64. The number of carbonyl (C=O) groups excluding carboxylic acids is 1. The molecule has 3 aromatic rings. The number of benzene rings is 2. The van der Waals surface area contributed by atoms with Gasteiger partial charge in [-0.2, -0.15) is 0 Å². The largest absolute Gasteiger partial charge is 0.306 e. The number of hydrogen-bond donors (Lipinski definition) is 1. The third kappa shape index (κ3) is 4.04. The van der Waals surface area contributed by atoms with Crippen LogP contribution in [0.25, 0.3) is 0 Å². The van der Waals surface area contributed by atoms with Crippen LogP contribution >= 0.6 is 0 Å². The van der Waals surface area contributed by atoms with E-state index >= 15 is 0 Å². The Bertz CT molecular complexity index is 1080. The van der Waals surface area contributed by atoms with E-state index in [2.05, 4.69) is 10.3 Å². The van der Waals surface area contributed by atoms with Gasteiger partial charge in [-0.15, -0.1) is 0 Å². The Labute approximate surface area is 164 Å². The third-order valence-corrected chi connectivity index (χ3v) is 6.16. The Kier molecular flexibility index (Phi) is 5.75. The standard InChI is InChI=1S/C21H21N3O3S/c1-3-24(18-11-5-4-6-12-18)28(26,27)19-13-7-10-17(15-19)21(25)23-20-16(2)9-8-14-22-20/h4-15H,3H2,1-2H3,(H,22,23,25). The van der Waals surface area contributed by atoms with E-state index in [1.165, 1.54) is 16.4 Å². The van der Waals surface area contributed by atoms with Crippen molar-refractivity contribution in [3.63, 3.8) is 0 Å². The van der Waals surface area contributed by atoms with Crippen LogP contribution in [0.3, 0.4) is 0 Å². The molecule has 0 spiro atoms. The van der Waals surface area contributed by atoms with E-state index in [1.54, 1.807) is 55.6 Å². The summed E-state index contributed by atoms with van der Waals surface area (Å²) in [4.78, 5) is 16.8. The van der Waals surface area contributed by atoms with Gasteiger partial charge in [0, 0.05) is 18.3 Å². The Morgan fingerprint density at radius 2 is 1.79 bits per heavy atom. The first kappa shape index (κ1) is 19.6. The molecule has 28 heavy (non-hydrogen) atoms. The second-order valence-corrected chi connectivity index (χ2v) is 8.02. The Morgan fingerprint density at radius 3 is 2.46 bits per heavy atom. The Balaban J connectivity index is 1.92. The summed E-state index contributed by atoms with van der Waals surface area (Å²) in [6.45, 7) is 3.88. The molecular weight excluding hydrogens is 374 g/mol. The lowest BCUT2D eigenvalue weighted by Gasteiger charge is -2.23. The molecule has 1 heterocycles. The maximum Gasteiger partial charge on any atom is 0.264 e. The van der Waals surface area contributed by atoms with Gasteiger partial charge in [0.05, 0.1) is 10.6 Å². The van der Waals surface area contributed by atoms with Crippen LogP contribution < -0.4 is 9.62 Å². The molecule has 0 radical (unpaired) electrons.